The second-order valence-corrected chi connectivity index (χ2v) is 7.06. The molecule has 0 heterocycles. The Kier molecular flexibility index (Phi) is 5.63. The second-order valence-electron chi connectivity index (χ2n) is 5.41. The molecule has 1 atom stereocenters. The molecule has 4 heteroatoms. The lowest BCUT2D eigenvalue weighted by atomic mass is 10.1. The van der Waals surface area contributed by atoms with E-state index in [4.69, 9.17) is 0 Å². The van der Waals surface area contributed by atoms with Crippen molar-refractivity contribution in [1.29, 1.82) is 0 Å². The molecule has 2 N–H and O–H groups in total. The van der Waals surface area contributed by atoms with Crippen LogP contribution in [0.5, 0.6) is 0 Å². The van der Waals surface area contributed by atoms with E-state index in [1.165, 1.54) is 0 Å². The van der Waals surface area contributed by atoms with Gasteiger partial charge in [-0.05, 0) is 37.3 Å². The van der Waals surface area contributed by atoms with Gasteiger partial charge in [0.1, 0.15) is 0 Å². The predicted octanol–water partition coefficient (Wildman–Crippen LogP) is 4.49. The number of anilines is 1. The van der Waals surface area contributed by atoms with Crippen molar-refractivity contribution in [2.75, 3.05) is 5.32 Å². The smallest absolute Gasteiger partial charge is 0.255 e. The van der Waals surface area contributed by atoms with Gasteiger partial charge in [-0.2, -0.15) is 0 Å². The highest BCUT2D eigenvalue weighted by molar-refractivity contribution is 7.99. The Balaban J connectivity index is 2.13. The zero-order chi connectivity index (χ0) is 16.1. The molecule has 0 bridgehead atoms. The van der Waals surface area contributed by atoms with E-state index in [0.717, 1.165) is 4.90 Å². The summed E-state index contributed by atoms with van der Waals surface area (Å²) in [5.74, 6) is -0.172. The lowest BCUT2D eigenvalue weighted by Crippen LogP contribution is -2.13. The molecular formula is C18H21NO2S. The summed E-state index contributed by atoms with van der Waals surface area (Å²) in [7, 11) is 0. The highest BCUT2D eigenvalue weighted by atomic mass is 32.2. The van der Waals surface area contributed by atoms with Gasteiger partial charge in [0.05, 0.1) is 6.10 Å². The SMILES string of the molecule is CC(C)Sc1ccc(C(=O)Nc2ccccc2C(C)O)cc1. The maximum atomic E-state index is 12.3. The molecular weight excluding hydrogens is 294 g/mol. The summed E-state index contributed by atoms with van der Waals surface area (Å²) in [5, 5.41) is 13.1. The molecule has 116 valence electrons. The molecule has 3 nitrogen and oxygen atoms in total. The standard InChI is InChI=1S/C18H21NO2S/c1-12(2)22-15-10-8-14(9-11-15)18(21)19-17-7-5-4-6-16(17)13(3)20/h4-13,20H,1-3H3,(H,19,21). The van der Waals surface area contributed by atoms with Crippen LogP contribution in [0.1, 0.15) is 42.8 Å². The number of thioether (sulfide) groups is 1. The van der Waals surface area contributed by atoms with Gasteiger partial charge in [0.15, 0.2) is 0 Å². The minimum atomic E-state index is -0.624. The van der Waals surface area contributed by atoms with Gasteiger partial charge in [-0.25, -0.2) is 0 Å². The van der Waals surface area contributed by atoms with Crippen LogP contribution in [-0.4, -0.2) is 16.3 Å². The van der Waals surface area contributed by atoms with E-state index in [-0.39, 0.29) is 5.91 Å². The normalized spacial score (nSPS) is 12.2. The van der Waals surface area contributed by atoms with E-state index < -0.39 is 6.10 Å². The van der Waals surface area contributed by atoms with Crippen LogP contribution in [0.25, 0.3) is 0 Å². The summed E-state index contributed by atoms with van der Waals surface area (Å²) in [5.41, 5.74) is 1.96. The number of nitrogens with one attached hydrogen (secondary N) is 1. The third kappa shape index (κ3) is 4.36. The van der Waals surface area contributed by atoms with Crippen molar-refractivity contribution < 1.29 is 9.90 Å². The fourth-order valence-corrected chi connectivity index (χ4v) is 2.96. The van der Waals surface area contributed by atoms with Crippen molar-refractivity contribution in [2.24, 2.45) is 0 Å². The van der Waals surface area contributed by atoms with Crippen molar-refractivity contribution in [3.63, 3.8) is 0 Å². The van der Waals surface area contributed by atoms with Gasteiger partial charge in [0.2, 0.25) is 0 Å². The van der Waals surface area contributed by atoms with E-state index in [2.05, 4.69) is 19.2 Å². The topological polar surface area (TPSA) is 49.3 Å². The highest BCUT2D eigenvalue weighted by Gasteiger charge is 2.11. The summed E-state index contributed by atoms with van der Waals surface area (Å²) in [4.78, 5) is 13.5. The van der Waals surface area contributed by atoms with Gasteiger partial charge in [0.25, 0.3) is 5.91 Å². The van der Waals surface area contributed by atoms with Crippen LogP contribution in [-0.2, 0) is 0 Å². The molecule has 2 aromatic carbocycles. The maximum Gasteiger partial charge on any atom is 0.255 e. The van der Waals surface area contributed by atoms with Crippen molar-refractivity contribution in [2.45, 2.75) is 37.0 Å². The third-order valence-electron chi connectivity index (χ3n) is 3.15. The van der Waals surface area contributed by atoms with Crippen LogP contribution in [0, 0.1) is 0 Å². The van der Waals surface area contributed by atoms with Gasteiger partial charge in [-0.15, -0.1) is 11.8 Å². The third-order valence-corrected chi connectivity index (χ3v) is 4.16. The summed E-state index contributed by atoms with van der Waals surface area (Å²) in [6.45, 7) is 5.96. The van der Waals surface area contributed by atoms with Crippen molar-refractivity contribution in [3.8, 4) is 0 Å². The minimum Gasteiger partial charge on any atom is -0.389 e. The second kappa shape index (κ2) is 7.47. The van der Waals surface area contributed by atoms with Crippen LogP contribution in [0.3, 0.4) is 0 Å². The molecule has 0 aliphatic rings. The van der Waals surface area contributed by atoms with E-state index in [1.807, 2.05) is 42.5 Å². The first-order valence-corrected chi connectivity index (χ1v) is 8.20. The molecule has 0 saturated carbocycles. The Hall–Kier alpha value is -1.78. The minimum absolute atomic E-state index is 0.172. The zero-order valence-corrected chi connectivity index (χ0v) is 13.9. The molecule has 0 aromatic heterocycles. The zero-order valence-electron chi connectivity index (χ0n) is 13.0. The molecule has 0 fully saturated rings. The van der Waals surface area contributed by atoms with E-state index >= 15 is 0 Å². The van der Waals surface area contributed by atoms with Gasteiger partial charge in [-0.1, -0.05) is 32.0 Å². The average molecular weight is 315 g/mol. The van der Waals surface area contributed by atoms with Crippen LogP contribution < -0.4 is 5.32 Å². The molecule has 0 saturated heterocycles. The molecule has 0 radical (unpaired) electrons. The number of carbonyl (C=O) groups excluding carboxylic acids is 1. The molecule has 0 aliphatic heterocycles. The largest absolute Gasteiger partial charge is 0.389 e. The first kappa shape index (κ1) is 16.6. The van der Waals surface area contributed by atoms with Crippen molar-refractivity contribution >= 4 is 23.4 Å². The number of para-hydroxylation sites is 1. The molecule has 1 unspecified atom stereocenters. The lowest BCUT2D eigenvalue weighted by Gasteiger charge is -2.13. The Labute approximate surface area is 135 Å². The molecule has 0 aliphatic carbocycles. The fourth-order valence-electron chi connectivity index (χ4n) is 2.13. The Morgan fingerprint density at radius 2 is 1.68 bits per heavy atom. The van der Waals surface area contributed by atoms with Gasteiger partial charge in [0, 0.05) is 27.0 Å². The predicted molar refractivity (Wildman–Crippen MR) is 92.5 cm³/mol. The molecule has 2 rings (SSSR count). The molecule has 0 spiro atoms. The summed E-state index contributed by atoms with van der Waals surface area (Å²) >= 11 is 1.76. The van der Waals surface area contributed by atoms with Crippen molar-refractivity contribution in [3.05, 3.63) is 59.7 Å². The van der Waals surface area contributed by atoms with Gasteiger partial charge in [-0.3, -0.25) is 4.79 Å². The average Bonchev–Trinajstić information content (AvgIpc) is 2.47. The van der Waals surface area contributed by atoms with Gasteiger partial charge < -0.3 is 10.4 Å². The first-order valence-electron chi connectivity index (χ1n) is 7.32. The van der Waals surface area contributed by atoms with E-state index in [1.54, 1.807) is 24.8 Å². The fraction of sp³-hybridized carbons (Fsp3) is 0.278. The Bertz CT molecular complexity index is 636. The monoisotopic (exact) mass is 315 g/mol. The number of benzene rings is 2. The number of carbonyl (C=O) groups is 1. The number of aliphatic hydroxyl groups excluding tert-OH is 1. The summed E-state index contributed by atoms with van der Waals surface area (Å²) in [6, 6.07) is 14.8. The summed E-state index contributed by atoms with van der Waals surface area (Å²) in [6.07, 6.45) is -0.624. The number of hydrogen-bond donors (Lipinski definition) is 2. The maximum absolute atomic E-state index is 12.3. The summed E-state index contributed by atoms with van der Waals surface area (Å²) < 4.78 is 0. The first-order chi connectivity index (χ1) is 10.5. The van der Waals surface area contributed by atoms with E-state index in [9.17, 15) is 9.90 Å². The molecule has 2 aromatic rings. The highest BCUT2D eigenvalue weighted by Crippen LogP contribution is 2.25. The van der Waals surface area contributed by atoms with Crippen LogP contribution >= 0.6 is 11.8 Å². The lowest BCUT2D eigenvalue weighted by molar-refractivity contribution is 0.102. The van der Waals surface area contributed by atoms with Crippen LogP contribution in [0.15, 0.2) is 53.4 Å². The number of hydrogen-bond acceptors (Lipinski definition) is 3. The number of rotatable bonds is 5. The quantitative estimate of drug-likeness (QED) is 0.799. The van der Waals surface area contributed by atoms with Crippen LogP contribution in [0.2, 0.25) is 0 Å². The Morgan fingerprint density at radius 1 is 1.05 bits per heavy atom. The molecule has 1 amide bonds. The van der Waals surface area contributed by atoms with Gasteiger partial charge >= 0.3 is 0 Å². The molecule has 22 heavy (non-hydrogen) atoms. The number of amides is 1. The van der Waals surface area contributed by atoms with Crippen molar-refractivity contribution in [1.82, 2.24) is 0 Å². The number of aliphatic hydroxyl groups is 1. The Morgan fingerprint density at radius 3 is 2.27 bits per heavy atom. The van der Waals surface area contributed by atoms with E-state index in [0.29, 0.717) is 22.1 Å². The van der Waals surface area contributed by atoms with Crippen LogP contribution in [0.4, 0.5) is 5.69 Å².